The van der Waals surface area contributed by atoms with Gasteiger partial charge in [-0.05, 0) is 31.2 Å². The number of nitrogens with zero attached hydrogens (tertiary/aromatic N) is 2. The Hall–Kier alpha value is -3.13. The summed E-state index contributed by atoms with van der Waals surface area (Å²) in [7, 11) is 0. The average Bonchev–Trinajstić information content (AvgIpc) is 3.23. The molecule has 2 heterocycles. The molecule has 0 aliphatic carbocycles. The summed E-state index contributed by atoms with van der Waals surface area (Å²) >= 11 is 1.35. The number of carbonyl (C=O) groups is 1. The van der Waals surface area contributed by atoms with Crippen LogP contribution in [0.3, 0.4) is 0 Å². The maximum atomic E-state index is 12.8. The molecule has 0 spiro atoms. The molecule has 0 atom stereocenters. The zero-order valence-electron chi connectivity index (χ0n) is 15.2. The molecular weight excluding hydrogens is 401 g/mol. The summed E-state index contributed by atoms with van der Waals surface area (Å²) in [5.41, 5.74) is 1.58. The largest absolute Gasteiger partial charge is 0.477 e. The molecule has 2 aromatic heterocycles. The molecule has 0 saturated heterocycles. The van der Waals surface area contributed by atoms with Gasteiger partial charge in [-0.3, -0.25) is 0 Å². The number of carboxylic acid groups (broad SMARTS) is 1. The summed E-state index contributed by atoms with van der Waals surface area (Å²) in [5, 5.41) is 11.0. The van der Waals surface area contributed by atoms with Gasteiger partial charge in [0.05, 0.1) is 17.8 Å². The van der Waals surface area contributed by atoms with E-state index >= 15 is 0 Å². The van der Waals surface area contributed by atoms with E-state index in [2.05, 4.69) is 4.98 Å². The topological polar surface area (TPSA) is 55.1 Å². The fraction of sp³-hybridized carbons (Fsp3) is 0.143. The van der Waals surface area contributed by atoms with Crippen LogP contribution < -0.4 is 0 Å². The number of para-hydroxylation sites is 1. The fourth-order valence-corrected chi connectivity index (χ4v) is 4.26. The van der Waals surface area contributed by atoms with Crippen LogP contribution in [0.25, 0.3) is 21.5 Å². The van der Waals surface area contributed by atoms with E-state index in [0.29, 0.717) is 17.1 Å². The zero-order chi connectivity index (χ0) is 20.8. The number of alkyl halides is 3. The lowest BCUT2D eigenvalue weighted by Crippen LogP contribution is -2.09. The van der Waals surface area contributed by atoms with Crippen LogP contribution >= 0.6 is 11.3 Å². The van der Waals surface area contributed by atoms with E-state index < -0.39 is 17.7 Å². The normalized spacial score (nSPS) is 11.9. The van der Waals surface area contributed by atoms with Gasteiger partial charge in [0, 0.05) is 21.3 Å². The molecule has 0 amide bonds. The van der Waals surface area contributed by atoms with Gasteiger partial charge in [0.2, 0.25) is 0 Å². The first-order valence-corrected chi connectivity index (χ1v) is 9.51. The van der Waals surface area contributed by atoms with Gasteiger partial charge in [0.15, 0.2) is 0 Å². The Morgan fingerprint density at radius 3 is 2.48 bits per heavy atom. The van der Waals surface area contributed by atoms with E-state index in [9.17, 15) is 23.1 Å². The van der Waals surface area contributed by atoms with Crippen molar-refractivity contribution in [3.63, 3.8) is 0 Å². The molecule has 4 aromatic rings. The minimum Gasteiger partial charge on any atom is -0.477 e. The zero-order valence-corrected chi connectivity index (χ0v) is 16.0. The molecule has 0 saturated carbocycles. The molecule has 148 valence electrons. The van der Waals surface area contributed by atoms with Gasteiger partial charge in [-0.1, -0.05) is 30.3 Å². The molecule has 2 aromatic carbocycles. The van der Waals surface area contributed by atoms with Gasteiger partial charge in [0.1, 0.15) is 10.7 Å². The molecule has 0 aliphatic rings. The summed E-state index contributed by atoms with van der Waals surface area (Å²) in [6.45, 7) is 2.13. The Kier molecular flexibility index (Phi) is 4.66. The van der Waals surface area contributed by atoms with Crippen LogP contribution in [0.2, 0.25) is 0 Å². The van der Waals surface area contributed by atoms with Crippen molar-refractivity contribution >= 4 is 28.2 Å². The van der Waals surface area contributed by atoms with Crippen LogP contribution in [-0.4, -0.2) is 20.6 Å². The van der Waals surface area contributed by atoms with Crippen molar-refractivity contribution in [2.24, 2.45) is 0 Å². The molecule has 0 unspecified atom stereocenters. The fourth-order valence-electron chi connectivity index (χ4n) is 3.20. The number of fused-ring (bicyclic) bond motifs is 1. The van der Waals surface area contributed by atoms with Crippen LogP contribution in [0.1, 0.15) is 26.6 Å². The number of aromatic carboxylic acids is 1. The molecular formula is C21H15F3N2O2S. The number of halogens is 3. The number of rotatable bonds is 4. The van der Waals surface area contributed by atoms with E-state index in [4.69, 9.17) is 0 Å². The number of hydrogen-bond donors (Lipinski definition) is 1. The van der Waals surface area contributed by atoms with Gasteiger partial charge in [-0.25, -0.2) is 9.78 Å². The third-order valence-electron chi connectivity index (χ3n) is 4.68. The van der Waals surface area contributed by atoms with E-state index in [-0.39, 0.29) is 5.69 Å². The standard InChI is InChI=1S/C21H15F3N2O2S/c1-12-18(11-26-16-5-3-2-4-14(16)10-17(26)20(27)28)29-19(25-12)13-6-8-15(9-7-13)21(22,23)24/h2-10H,11H2,1H3,(H,27,28). The summed E-state index contributed by atoms with van der Waals surface area (Å²) < 4.78 is 40.0. The second-order valence-corrected chi connectivity index (χ2v) is 7.67. The average molecular weight is 416 g/mol. The molecule has 1 N–H and O–H groups in total. The minimum absolute atomic E-state index is 0.176. The number of thiazole rings is 1. The number of benzene rings is 2. The lowest BCUT2D eigenvalue weighted by Gasteiger charge is -2.07. The quantitative estimate of drug-likeness (QED) is 0.455. The Labute approximate surface area is 167 Å². The third-order valence-corrected chi connectivity index (χ3v) is 5.87. The smallest absolute Gasteiger partial charge is 0.416 e. The lowest BCUT2D eigenvalue weighted by molar-refractivity contribution is -0.137. The predicted octanol–water partition coefficient (Wildman–Crippen LogP) is 5.84. The first-order valence-electron chi connectivity index (χ1n) is 8.69. The van der Waals surface area contributed by atoms with E-state index in [1.54, 1.807) is 10.6 Å². The highest BCUT2D eigenvalue weighted by atomic mass is 32.1. The lowest BCUT2D eigenvalue weighted by atomic mass is 10.1. The first kappa shape index (κ1) is 19.2. The van der Waals surface area contributed by atoms with Crippen molar-refractivity contribution in [3.8, 4) is 10.6 Å². The second kappa shape index (κ2) is 7.04. The van der Waals surface area contributed by atoms with Gasteiger partial charge in [0.25, 0.3) is 0 Å². The maximum absolute atomic E-state index is 12.8. The van der Waals surface area contributed by atoms with Gasteiger partial charge >= 0.3 is 12.1 Å². The molecule has 4 rings (SSSR count). The summed E-state index contributed by atoms with van der Waals surface area (Å²) in [4.78, 5) is 17.0. The second-order valence-electron chi connectivity index (χ2n) is 6.58. The van der Waals surface area contributed by atoms with E-state index in [0.717, 1.165) is 33.6 Å². The molecule has 0 fully saturated rings. The molecule has 29 heavy (non-hydrogen) atoms. The SMILES string of the molecule is Cc1nc(-c2ccc(C(F)(F)F)cc2)sc1Cn1c(C(=O)O)cc2ccccc21. The Morgan fingerprint density at radius 1 is 1.14 bits per heavy atom. The number of hydrogen-bond acceptors (Lipinski definition) is 3. The Morgan fingerprint density at radius 2 is 1.83 bits per heavy atom. The summed E-state index contributed by atoms with van der Waals surface area (Å²) in [6, 6.07) is 13.9. The Balaban J connectivity index is 1.70. The molecule has 8 heteroatoms. The van der Waals surface area contributed by atoms with Crippen LogP contribution in [0.5, 0.6) is 0 Å². The van der Waals surface area contributed by atoms with Crippen LogP contribution in [0, 0.1) is 6.92 Å². The minimum atomic E-state index is -4.38. The summed E-state index contributed by atoms with van der Waals surface area (Å²) in [6.07, 6.45) is -4.38. The highest BCUT2D eigenvalue weighted by Gasteiger charge is 2.30. The van der Waals surface area contributed by atoms with E-state index in [1.807, 2.05) is 31.2 Å². The van der Waals surface area contributed by atoms with Crippen molar-refractivity contribution in [2.45, 2.75) is 19.6 Å². The van der Waals surface area contributed by atoms with Crippen molar-refractivity contribution in [2.75, 3.05) is 0 Å². The number of carboxylic acids is 1. The molecule has 0 radical (unpaired) electrons. The maximum Gasteiger partial charge on any atom is 0.416 e. The molecule has 0 aliphatic heterocycles. The monoisotopic (exact) mass is 416 g/mol. The van der Waals surface area contributed by atoms with Crippen molar-refractivity contribution in [3.05, 3.63) is 76.4 Å². The van der Waals surface area contributed by atoms with Gasteiger partial charge in [-0.2, -0.15) is 13.2 Å². The number of aromatic nitrogens is 2. The van der Waals surface area contributed by atoms with Crippen LogP contribution in [-0.2, 0) is 12.7 Å². The molecule has 0 bridgehead atoms. The van der Waals surface area contributed by atoms with Gasteiger partial charge in [-0.15, -0.1) is 11.3 Å². The summed E-state index contributed by atoms with van der Waals surface area (Å²) in [5.74, 6) is -1.02. The third kappa shape index (κ3) is 3.63. The van der Waals surface area contributed by atoms with Crippen molar-refractivity contribution in [1.29, 1.82) is 0 Å². The molecule has 4 nitrogen and oxygen atoms in total. The van der Waals surface area contributed by atoms with Crippen molar-refractivity contribution in [1.82, 2.24) is 9.55 Å². The highest BCUT2D eigenvalue weighted by molar-refractivity contribution is 7.15. The van der Waals surface area contributed by atoms with Gasteiger partial charge < -0.3 is 9.67 Å². The van der Waals surface area contributed by atoms with E-state index in [1.165, 1.54) is 23.5 Å². The van der Waals surface area contributed by atoms with Crippen molar-refractivity contribution < 1.29 is 23.1 Å². The predicted molar refractivity (Wildman–Crippen MR) is 105 cm³/mol. The Bertz CT molecular complexity index is 1210. The van der Waals surface area contributed by atoms with Crippen LogP contribution in [0.15, 0.2) is 54.6 Å². The number of aryl methyl sites for hydroxylation is 1. The van der Waals surface area contributed by atoms with Crippen LogP contribution in [0.4, 0.5) is 13.2 Å². The first-order chi connectivity index (χ1) is 13.7. The highest BCUT2D eigenvalue weighted by Crippen LogP contribution is 2.33.